The average Bonchev–Trinajstić information content (AvgIpc) is 3.11. The molecular formula is C19H19N3O3S. The number of nitrogens with zero attached hydrogens (tertiary/aromatic N) is 3. The fourth-order valence-corrected chi connectivity index (χ4v) is 4.20. The number of methoxy groups -OCH3 is 1. The molecule has 3 aromatic rings. The standard InChI is InChI=1S/C19H19N3O3S/c1-25-15-4-2-3-14(12-15)21-7-9-22(10-8-21)19-20-16-6-5-13(18(23)24)11-17(16)26-19/h2-6,11-12H,7-10H2,1H3,(H,23,24). The first-order chi connectivity index (χ1) is 12.6. The molecule has 1 aliphatic heterocycles. The number of carboxylic acids is 1. The van der Waals surface area contributed by atoms with Gasteiger partial charge in [0.1, 0.15) is 5.75 Å². The van der Waals surface area contributed by atoms with Crippen LogP contribution in [0.2, 0.25) is 0 Å². The summed E-state index contributed by atoms with van der Waals surface area (Å²) >= 11 is 1.55. The summed E-state index contributed by atoms with van der Waals surface area (Å²) < 4.78 is 6.22. The van der Waals surface area contributed by atoms with Gasteiger partial charge in [0.05, 0.1) is 22.9 Å². The number of fused-ring (bicyclic) bond motifs is 1. The molecule has 0 aliphatic carbocycles. The van der Waals surface area contributed by atoms with E-state index in [-0.39, 0.29) is 0 Å². The predicted octanol–water partition coefficient (Wildman–Crippen LogP) is 3.33. The van der Waals surface area contributed by atoms with E-state index in [1.807, 2.05) is 12.1 Å². The second kappa shape index (κ2) is 6.84. The maximum Gasteiger partial charge on any atom is 0.335 e. The van der Waals surface area contributed by atoms with Gasteiger partial charge in [-0.1, -0.05) is 17.4 Å². The average molecular weight is 369 g/mol. The number of hydrogen-bond acceptors (Lipinski definition) is 6. The maximum absolute atomic E-state index is 11.1. The van der Waals surface area contributed by atoms with E-state index in [9.17, 15) is 4.79 Å². The predicted molar refractivity (Wildman–Crippen MR) is 104 cm³/mol. The van der Waals surface area contributed by atoms with Crippen LogP contribution in [0.15, 0.2) is 42.5 Å². The Labute approximate surface area is 155 Å². The summed E-state index contributed by atoms with van der Waals surface area (Å²) in [6, 6.07) is 13.2. The molecule has 0 amide bonds. The second-order valence-electron chi connectivity index (χ2n) is 6.16. The van der Waals surface area contributed by atoms with Crippen LogP contribution in [0.3, 0.4) is 0 Å². The number of carbonyl (C=O) groups is 1. The zero-order valence-electron chi connectivity index (χ0n) is 14.4. The van der Waals surface area contributed by atoms with E-state index in [4.69, 9.17) is 9.84 Å². The van der Waals surface area contributed by atoms with Crippen molar-refractivity contribution in [3.8, 4) is 5.75 Å². The molecule has 1 aromatic heterocycles. The Morgan fingerprint density at radius 1 is 1.12 bits per heavy atom. The molecule has 134 valence electrons. The molecule has 0 unspecified atom stereocenters. The number of hydrogen-bond donors (Lipinski definition) is 1. The Kier molecular flexibility index (Phi) is 4.38. The van der Waals surface area contributed by atoms with E-state index < -0.39 is 5.97 Å². The molecule has 2 heterocycles. The molecule has 0 spiro atoms. The third kappa shape index (κ3) is 3.17. The monoisotopic (exact) mass is 369 g/mol. The van der Waals surface area contributed by atoms with E-state index >= 15 is 0 Å². The molecule has 26 heavy (non-hydrogen) atoms. The highest BCUT2D eigenvalue weighted by atomic mass is 32.1. The van der Waals surface area contributed by atoms with Crippen LogP contribution in [-0.2, 0) is 0 Å². The summed E-state index contributed by atoms with van der Waals surface area (Å²) in [7, 11) is 1.68. The van der Waals surface area contributed by atoms with Crippen LogP contribution in [0.25, 0.3) is 10.2 Å². The summed E-state index contributed by atoms with van der Waals surface area (Å²) in [5.74, 6) is -0.0425. The number of piperazine rings is 1. The molecule has 0 atom stereocenters. The minimum Gasteiger partial charge on any atom is -0.497 e. The Morgan fingerprint density at radius 3 is 2.62 bits per heavy atom. The van der Waals surface area contributed by atoms with Gasteiger partial charge in [-0.25, -0.2) is 9.78 Å². The van der Waals surface area contributed by atoms with Crippen molar-refractivity contribution in [3.05, 3.63) is 48.0 Å². The zero-order chi connectivity index (χ0) is 18.1. The number of ether oxygens (including phenoxy) is 1. The minimum absolute atomic E-state index is 0.301. The molecule has 1 N–H and O–H groups in total. The lowest BCUT2D eigenvalue weighted by molar-refractivity contribution is 0.0697. The Hall–Kier alpha value is -2.80. The molecule has 4 rings (SSSR count). The third-order valence-electron chi connectivity index (χ3n) is 4.59. The summed E-state index contributed by atoms with van der Waals surface area (Å²) in [6.45, 7) is 3.57. The van der Waals surface area contributed by atoms with Gasteiger partial charge in [-0.2, -0.15) is 0 Å². The number of carboxylic acid groups (broad SMARTS) is 1. The maximum atomic E-state index is 11.1. The summed E-state index contributed by atoms with van der Waals surface area (Å²) in [4.78, 5) is 20.4. The summed E-state index contributed by atoms with van der Waals surface area (Å²) in [5, 5.41) is 10.1. The number of aromatic nitrogens is 1. The first kappa shape index (κ1) is 16.7. The summed E-state index contributed by atoms with van der Waals surface area (Å²) in [6.07, 6.45) is 0. The largest absolute Gasteiger partial charge is 0.497 e. The SMILES string of the molecule is COc1cccc(N2CCN(c3nc4ccc(C(=O)O)cc4s3)CC2)c1. The van der Waals surface area contributed by atoms with Gasteiger partial charge in [0.2, 0.25) is 0 Å². The molecule has 0 bridgehead atoms. The lowest BCUT2D eigenvalue weighted by Gasteiger charge is -2.36. The lowest BCUT2D eigenvalue weighted by atomic mass is 10.2. The van der Waals surface area contributed by atoms with Crippen LogP contribution in [0.5, 0.6) is 5.75 Å². The quantitative estimate of drug-likeness (QED) is 0.761. The second-order valence-corrected chi connectivity index (χ2v) is 7.17. The van der Waals surface area contributed by atoms with Gasteiger partial charge in [0, 0.05) is 37.9 Å². The van der Waals surface area contributed by atoms with E-state index in [1.165, 1.54) is 5.69 Å². The van der Waals surface area contributed by atoms with Gasteiger partial charge in [0.15, 0.2) is 5.13 Å². The van der Waals surface area contributed by atoms with Crippen LogP contribution in [0, 0.1) is 0 Å². The van der Waals surface area contributed by atoms with Gasteiger partial charge in [-0.15, -0.1) is 0 Å². The van der Waals surface area contributed by atoms with Crippen molar-refractivity contribution in [2.75, 3.05) is 43.1 Å². The van der Waals surface area contributed by atoms with Crippen molar-refractivity contribution >= 4 is 38.3 Å². The van der Waals surface area contributed by atoms with Gasteiger partial charge >= 0.3 is 5.97 Å². The van der Waals surface area contributed by atoms with E-state index in [2.05, 4.69) is 26.9 Å². The number of benzene rings is 2. The zero-order valence-corrected chi connectivity index (χ0v) is 15.2. The fraction of sp³-hybridized carbons (Fsp3) is 0.263. The number of rotatable bonds is 4. The Bertz CT molecular complexity index is 948. The van der Waals surface area contributed by atoms with Gasteiger partial charge in [-0.05, 0) is 30.3 Å². The van der Waals surface area contributed by atoms with Crippen molar-refractivity contribution < 1.29 is 14.6 Å². The molecule has 1 saturated heterocycles. The van der Waals surface area contributed by atoms with E-state index in [0.717, 1.165) is 47.3 Å². The first-order valence-corrected chi connectivity index (χ1v) is 9.23. The Balaban J connectivity index is 1.49. The van der Waals surface area contributed by atoms with Crippen molar-refractivity contribution in [3.63, 3.8) is 0 Å². The molecule has 1 aliphatic rings. The topological polar surface area (TPSA) is 65.9 Å². The van der Waals surface area contributed by atoms with Crippen LogP contribution < -0.4 is 14.5 Å². The van der Waals surface area contributed by atoms with Crippen LogP contribution >= 0.6 is 11.3 Å². The number of aromatic carboxylic acids is 1. The number of thiazole rings is 1. The first-order valence-electron chi connectivity index (χ1n) is 8.42. The van der Waals surface area contributed by atoms with Crippen molar-refractivity contribution in [2.24, 2.45) is 0 Å². The molecule has 1 fully saturated rings. The highest BCUT2D eigenvalue weighted by molar-refractivity contribution is 7.22. The molecule has 2 aromatic carbocycles. The molecule has 0 saturated carbocycles. The van der Waals surface area contributed by atoms with Gasteiger partial charge in [0.25, 0.3) is 0 Å². The number of anilines is 2. The highest BCUT2D eigenvalue weighted by Crippen LogP contribution is 2.31. The molecule has 0 radical (unpaired) electrons. The fourth-order valence-electron chi connectivity index (χ4n) is 3.14. The highest BCUT2D eigenvalue weighted by Gasteiger charge is 2.20. The molecule has 6 nitrogen and oxygen atoms in total. The van der Waals surface area contributed by atoms with Crippen molar-refractivity contribution in [2.45, 2.75) is 0 Å². The van der Waals surface area contributed by atoms with Crippen molar-refractivity contribution in [1.82, 2.24) is 4.98 Å². The minimum atomic E-state index is -0.909. The third-order valence-corrected chi connectivity index (χ3v) is 5.67. The van der Waals surface area contributed by atoms with E-state index in [0.29, 0.717) is 5.56 Å². The van der Waals surface area contributed by atoms with Crippen LogP contribution in [0.4, 0.5) is 10.8 Å². The molecule has 7 heteroatoms. The van der Waals surface area contributed by atoms with Gasteiger partial charge in [-0.3, -0.25) is 0 Å². The van der Waals surface area contributed by atoms with E-state index in [1.54, 1.807) is 36.6 Å². The normalized spacial score (nSPS) is 14.7. The summed E-state index contributed by atoms with van der Waals surface area (Å²) in [5.41, 5.74) is 2.32. The molecular weight excluding hydrogens is 350 g/mol. The Morgan fingerprint density at radius 2 is 1.88 bits per heavy atom. The van der Waals surface area contributed by atoms with Crippen LogP contribution in [-0.4, -0.2) is 49.3 Å². The lowest BCUT2D eigenvalue weighted by Crippen LogP contribution is -2.46. The van der Waals surface area contributed by atoms with Crippen molar-refractivity contribution in [1.29, 1.82) is 0 Å². The van der Waals surface area contributed by atoms with Gasteiger partial charge < -0.3 is 19.6 Å². The smallest absolute Gasteiger partial charge is 0.335 e. The van der Waals surface area contributed by atoms with Crippen LogP contribution in [0.1, 0.15) is 10.4 Å².